The molecule has 3 rings (SSSR count). The molecule has 0 saturated heterocycles. The molecule has 0 fully saturated rings. The van der Waals surface area contributed by atoms with Gasteiger partial charge in [-0.2, -0.15) is 0 Å². The molecule has 0 bridgehead atoms. The van der Waals surface area contributed by atoms with E-state index >= 15 is 0 Å². The normalized spacial score (nSPS) is 11.4. The fourth-order valence-corrected chi connectivity index (χ4v) is 3.06. The number of fused-ring (bicyclic) bond motifs is 1. The molecule has 3 aromatic heterocycles. The Morgan fingerprint density at radius 2 is 2.00 bits per heavy atom. The summed E-state index contributed by atoms with van der Waals surface area (Å²) in [5.74, 6) is 0.186. The van der Waals surface area contributed by atoms with Crippen LogP contribution in [0.1, 0.15) is 36.6 Å². The Morgan fingerprint density at radius 1 is 1.28 bits per heavy atom. The number of halogens is 2. The average molecular weight is 379 g/mol. The van der Waals surface area contributed by atoms with Crippen molar-refractivity contribution in [3.05, 3.63) is 66.2 Å². The van der Waals surface area contributed by atoms with Gasteiger partial charge in [-0.05, 0) is 36.1 Å². The Labute approximate surface area is 153 Å². The zero-order valence-electron chi connectivity index (χ0n) is 13.9. The van der Waals surface area contributed by atoms with E-state index < -0.39 is 11.2 Å². The molecule has 0 unspecified atom stereocenters. The van der Waals surface area contributed by atoms with Gasteiger partial charge in [-0.15, -0.1) is 0 Å². The van der Waals surface area contributed by atoms with Gasteiger partial charge in [0.05, 0.1) is 17.0 Å². The molecule has 0 aromatic carbocycles. The number of nitrogens with zero attached hydrogens (tertiary/aromatic N) is 3. The molecule has 0 spiro atoms. The topological polar surface area (TPSA) is 80.6 Å². The zero-order chi connectivity index (χ0) is 18.3. The first-order chi connectivity index (χ1) is 11.8. The van der Waals surface area contributed by atoms with E-state index in [9.17, 15) is 9.59 Å². The summed E-state index contributed by atoms with van der Waals surface area (Å²) < 4.78 is 1.38. The third-order valence-electron chi connectivity index (χ3n) is 4.07. The minimum Gasteiger partial charge on any atom is -0.273 e. The van der Waals surface area contributed by atoms with Crippen LogP contribution in [0.5, 0.6) is 0 Å². The standard InChI is InChI=1S/C17H16Cl2N4O2/c1-8(2)13-11(9(3)4-5-20-13)7-23-15-10(16(24)22-17(23)25)6-12(18)14(19)21-15/h4-6,8H,7H2,1-3H3,(H,22,24,25). The summed E-state index contributed by atoms with van der Waals surface area (Å²) in [4.78, 5) is 35.4. The van der Waals surface area contributed by atoms with Crippen LogP contribution < -0.4 is 11.2 Å². The van der Waals surface area contributed by atoms with Gasteiger partial charge in [-0.1, -0.05) is 37.0 Å². The van der Waals surface area contributed by atoms with Crippen molar-refractivity contribution in [2.45, 2.75) is 33.2 Å². The van der Waals surface area contributed by atoms with Gasteiger partial charge < -0.3 is 0 Å². The Hall–Kier alpha value is -2.18. The first kappa shape index (κ1) is 17.6. The van der Waals surface area contributed by atoms with E-state index in [1.54, 1.807) is 6.20 Å². The lowest BCUT2D eigenvalue weighted by molar-refractivity contribution is 0.709. The van der Waals surface area contributed by atoms with E-state index in [0.717, 1.165) is 16.8 Å². The first-order valence-electron chi connectivity index (χ1n) is 7.72. The van der Waals surface area contributed by atoms with Crippen molar-refractivity contribution < 1.29 is 0 Å². The molecule has 1 N–H and O–H groups in total. The van der Waals surface area contributed by atoms with Crippen LogP contribution in [0.2, 0.25) is 10.2 Å². The van der Waals surface area contributed by atoms with Crippen molar-refractivity contribution in [1.82, 2.24) is 19.5 Å². The second-order valence-corrected chi connectivity index (χ2v) is 6.89. The molecule has 130 valence electrons. The van der Waals surface area contributed by atoms with Crippen LogP contribution in [0.25, 0.3) is 11.0 Å². The second kappa shape index (κ2) is 6.61. The van der Waals surface area contributed by atoms with Crippen LogP contribution in [-0.2, 0) is 6.54 Å². The van der Waals surface area contributed by atoms with Crippen molar-refractivity contribution in [2.24, 2.45) is 0 Å². The van der Waals surface area contributed by atoms with Crippen molar-refractivity contribution in [3.8, 4) is 0 Å². The van der Waals surface area contributed by atoms with E-state index in [-0.39, 0.29) is 33.7 Å². The number of H-pyrrole nitrogens is 1. The van der Waals surface area contributed by atoms with Gasteiger partial charge in [-0.25, -0.2) is 9.78 Å². The van der Waals surface area contributed by atoms with E-state index in [0.29, 0.717) is 0 Å². The fraction of sp³-hybridized carbons (Fsp3) is 0.294. The van der Waals surface area contributed by atoms with Gasteiger partial charge in [0, 0.05) is 11.9 Å². The summed E-state index contributed by atoms with van der Waals surface area (Å²) in [6.45, 7) is 6.26. The third kappa shape index (κ3) is 3.19. The quantitative estimate of drug-likeness (QED) is 0.709. The molecular weight excluding hydrogens is 363 g/mol. The Kier molecular flexibility index (Phi) is 4.67. The molecule has 0 amide bonds. The van der Waals surface area contributed by atoms with Gasteiger partial charge in [-0.3, -0.25) is 19.3 Å². The van der Waals surface area contributed by atoms with Crippen LogP contribution in [0, 0.1) is 6.92 Å². The van der Waals surface area contributed by atoms with Crippen LogP contribution in [-0.4, -0.2) is 19.5 Å². The lowest BCUT2D eigenvalue weighted by Crippen LogP contribution is -2.31. The molecular formula is C17H16Cl2N4O2. The van der Waals surface area contributed by atoms with Crippen LogP contribution >= 0.6 is 23.2 Å². The molecule has 0 radical (unpaired) electrons. The van der Waals surface area contributed by atoms with Gasteiger partial charge in [0.1, 0.15) is 5.15 Å². The summed E-state index contributed by atoms with van der Waals surface area (Å²) in [5.41, 5.74) is 1.91. The average Bonchev–Trinajstić information content (AvgIpc) is 2.54. The van der Waals surface area contributed by atoms with Crippen LogP contribution in [0.4, 0.5) is 0 Å². The van der Waals surface area contributed by atoms with Crippen LogP contribution in [0.15, 0.2) is 27.9 Å². The van der Waals surface area contributed by atoms with Crippen molar-refractivity contribution in [1.29, 1.82) is 0 Å². The van der Waals surface area contributed by atoms with Gasteiger partial charge in [0.2, 0.25) is 0 Å². The van der Waals surface area contributed by atoms with Gasteiger partial charge in [0.25, 0.3) is 5.56 Å². The monoisotopic (exact) mass is 378 g/mol. The molecule has 25 heavy (non-hydrogen) atoms. The number of hydrogen-bond donors (Lipinski definition) is 1. The lowest BCUT2D eigenvalue weighted by atomic mass is 10.00. The number of pyridine rings is 2. The van der Waals surface area contributed by atoms with Gasteiger partial charge >= 0.3 is 5.69 Å². The van der Waals surface area contributed by atoms with Crippen LogP contribution in [0.3, 0.4) is 0 Å². The Morgan fingerprint density at radius 3 is 2.68 bits per heavy atom. The van der Waals surface area contributed by atoms with E-state index in [2.05, 4.69) is 15.0 Å². The minimum absolute atomic E-state index is 0.0416. The molecule has 0 aliphatic carbocycles. The van der Waals surface area contributed by atoms with E-state index in [4.69, 9.17) is 23.2 Å². The van der Waals surface area contributed by atoms with Gasteiger partial charge in [0.15, 0.2) is 5.65 Å². The molecule has 3 aromatic rings. The third-order valence-corrected chi connectivity index (χ3v) is 4.74. The Balaban J connectivity index is 2.30. The molecule has 0 aliphatic heterocycles. The maximum atomic E-state index is 12.4. The zero-order valence-corrected chi connectivity index (χ0v) is 15.4. The van der Waals surface area contributed by atoms with Crippen molar-refractivity contribution in [2.75, 3.05) is 0 Å². The number of aromatic nitrogens is 4. The summed E-state index contributed by atoms with van der Waals surface area (Å²) in [6.07, 6.45) is 1.75. The lowest BCUT2D eigenvalue weighted by Gasteiger charge is -2.16. The van der Waals surface area contributed by atoms with Crippen molar-refractivity contribution in [3.63, 3.8) is 0 Å². The predicted molar refractivity (Wildman–Crippen MR) is 98.8 cm³/mol. The molecule has 0 saturated carbocycles. The predicted octanol–water partition coefficient (Wildman–Crippen LogP) is 3.27. The summed E-state index contributed by atoms with van der Waals surface area (Å²) >= 11 is 12.0. The molecule has 0 atom stereocenters. The summed E-state index contributed by atoms with van der Waals surface area (Å²) in [6, 6.07) is 3.30. The SMILES string of the molecule is Cc1ccnc(C(C)C)c1Cn1c(=O)[nH]c(=O)c2cc(Cl)c(Cl)nc21. The smallest absolute Gasteiger partial charge is 0.273 e. The number of hydrogen-bond acceptors (Lipinski definition) is 4. The second-order valence-electron chi connectivity index (χ2n) is 6.12. The molecule has 8 heteroatoms. The largest absolute Gasteiger partial charge is 0.330 e. The highest BCUT2D eigenvalue weighted by molar-refractivity contribution is 6.41. The number of nitrogens with one attached hydrogen (secondary N) is 1. The maximum Gasteiger partial charge on any atom is 0.330 e. The highest BCUT2D eigenvalue weighted by atomic mass is 35.5. The summed E-state index contributed by atoms with van der Waals surface area (Å²) in [7, 11) is 0. The number of rotatable bonds is 3. The first-order valence-corrected chi connectivity index (χ1v) is 8.48. The minimum atomic E-state index is -0.554. The highest BCUT2D eigenvalue weighted by Gasteiger charge is 2.16. The maximum absolute atomic E-state index is 12.4. The Bertz CT molecular complexity index is 1090. The number of aromatic amines is 1. The highest BCUT2D eigenvalue weighted by Crippen LogP contribution is 2.24. The van der Waals surface area contributed by atoms with E-state index in [1.165, 1.54) is 10.6 Å². The fourth-order valence-electron chi connectivity index (χ4n) is 2.78. The molecule has 6 nitrogen and oxygen atoms in total. The molecule has 3 heterocycles. The van der Waals surface area contributed by atoms with E-state index in [1.807, 2.05) is 26.8 Å². The molecule has 0 aliphatic rings. The summed E-state index contributed by atoms with van der Waals surface area (Å²) in [5, 5.41) is 0.409. The van der Waals surface area contributed by atoms with Crippen molar-refractivity contribution >= 4 is 34.2 Å². The number of aryl methyl sites for hydroxylation is 1.